The van der Waals surface area contributed by atoms with Crippen LogP contribution in [0.2, 0.25) is 0 Å². The fourth-order valence-corrected chi connectivity index (χ4v) is 3.18. The highest BCUT2D eigenvalue weighted by Crippen LogP contribution is 2.26. The van der Waals surface area contributed by atoms with Gasteiger partial charge in [0, 0.05) is 10.9 Å². The highest BCUT2D eigenvalue weighted by atomic mass is 35.5. The molecule has 2 aromatic rings. The summed E-state index contributed by atoms with van der Waals surface area (Å²) in [5, 5.41) is 8.66. The van der Waals surface area contributed by atoms with E-state index in [1.54, 1.807) is 0 Å². The lowest BCUT2D eigenvalue weighted by Gasteiger charge is -2.08. The van der Waals surface area contributed by atoms with Crippen molar-refractivity contribution in [3.8, 4) is 17.0 Å². The number of amides is 1. The van der Waals surface area contributed by atoms with Crippen LogP contribution in [-0.2, 0) is 4.79 Å². The lowest BCUT2D eigenvalue weighted by molar-refractivity contribution is -0.117. The van der Waals surface area contributed by atoms with Crippen LogP contribution in [0.5, 0.6) is 5.75 Å². The van der Waals surface area contributed by atoms with Gasteiger partial charge in [0.05, 0.1) is 18.3 Å². The van der Waals surface area contributed by atoms with Gasteiger partial charge in [0.25, 0.3) is 0 Å². The molecule has 0 radical (unpaired) electrons. The first-order valence-corrected chi connectivity index (χ1v) is 8.37. The van der Waals surface area contributed by atoms with Gasteiger partial charge in [0.1, 0.15) is 5.75 Å². The van der Waals surface area contributed by atoms with Crippen LogP contribution < -0.4 is 15.4 Å². The monoisotopic (exact) mass is 353 g/mol. The van der Waals surface area contributed by atoms with E-state index in [-0.39, 0.29) is 24.4 Å². The van der Waals surface area contributed by atoms with Crippen molar-refractivity contribution >= 4 is 34.8 Å². The normalized spacial score (nSPS) is 16.7. The Morgan fingerprint density at radius 1 is 1.43 bits per heavy atom. The van der Waals surface area contributed by atoms with Crippen LogP contribution in [0, 0.1) is 0 Å². The summed E-state index contributed by atoms with van der Waals surface area (Å²) < 4.78 is 5.43. The first-order chi connectivity index (χ1) is 10.8. The van der Waals surface area contributed by atoms with Crippen molar-refractivity contribution in [2.24, 2.45) is 0 Å². The topological polar surface area (TPSA) is 63.2 Å². The van der Waals surface area contributed by atoms with E-state index in [4.69, 9.17) is 4.74 Å². The number of rotatable bonds is 5. The largest absolute Gasteiger partial charge is 0.494 e. The molecule has 5 nitrogen and oxygen atoms in total. The quantitative estimate of drug-likeness (QED) is 0.865. The average Bonchev–Trinajstić information content (AvgIpc) is 3.19. The van der Waals surface area contributed by atoms with Gasteiger partial charge in [-0.2, -0.15) is 0 Å². The number of anilines is 1. The second-order valence-electron chi connectivity index (χ2n) is 5.13. The van der Waals surface area contributed by atoms with E-state index in [1.807, 2.05) is 36.6 Å². The summed E-state index contributed by atoms with van der Waals surface area (Å²) in [7, 11) is 0. The highest BCUT2D eigenvalue weighted by Gasteiger charge is 2.22. The standard InChI is InChI=1S/C16H19N3O2S.ClH/c1-2-21-12-7-5-11(6-8-12)14-10-22-16(18-14)19-15(20)13-4-3-9-17-13;/h5-8,10,13,17H,2-4,9H2,1H3,(H,18,19,20);1H. The van der Waals surface area contributed by atoms with Crippen molar-refractivity contribution in [1.29, 1.82) is 0 Å². The van der Waals surface area contributed by atoms with E-state index in [0.29, 0.717) is 11.7 Å². The second kappa shape index (κ2) is 8.29. The Bertz CT molecular complexity index is 639. The van der Waals surface area contributed by atoms with Crippen LogP contribution in [0.15, 0.2) is 29.6 Å². The zero-order valence-electron chi connectivity index (χ0n) is 12.9. The van der Waals surface area contributed by atoms with Gasteiger partial charge in [-0.15, -0.1) is 23.7 Å². The highest BCUT2D eigenvalue weighted by molar-refractivity contribution is 7.14. The molecular weight excluding hydrogens is 334 g/mol. The summed E-state index contributed by atoms with van der Waals surface area (Å²) >= 11 is 1.44. The molecule has 0 saturated carbocycles. The molecule has 124 valence electrons. The number of nitrogens with zero attached hydrogens (tertiary/aromatic N) is 1. The Morgan fingerprint density at radius 2 is 2.22 bits per heavy atom. The van der Waals surface area contributed by atoms with Crippen molar-refractivity contribution in [3.05, 3.63) is 29.6 Å². The number of carbonyl (C=O) groups excluding carboxylic acids is 1. The number of aromatic nitrogens is 1. The van der Waals surface area contributed by atoms with Crippen LogP contribution in [0.1, 0.15) is 19.8 Å². The van der Waals surface area contributed by atoms with E-state index >= 15 is 0 Å². The van der Waals surface area contributed by atoms with Gasteiger partial charge in [-0.05, 0) is 50.6 Å². The molecule has 3 rings (SSSR count). The summed E-state index contributed by atoms with van der Waals surface area (Å²) in [6.07, 6.45) is 1.94. The van der Waals surface area contributed by atoms with Gasteiger partial charge < -0.3 is 15.4 Å². The third-order valence-corrected chi connectivity index (χ3v) is 4.33. The predicted molar refractivity (Wildman–Crippen MR) is 95.6 cm³/mol. The van der Waals surface area contributed by atoms with Gasteiger partial charge in [-0.25, -0.2) is 4.98 Å². The number of hydrogen-bond donors (Lipinski definition) is 2. The fourth-order valence-electron chi connectivity index (χ4n) is 2.45. The van der Waals surface area contributed by atoms with Gasteiger partial charge >= 0.3 is 0 Å². The van der Waals surface area contributed by atoms with Crippen LogP contribution in [0.4, 0.5) is 5.13 Å². The fraction of sp³-hybridized carbons (Fsp3) is 0.375. The number of thiazole rings is 1. The zero-order valence-corrected chi connectivity index (χ0v) is 14.5. The summed E-state index contributed by atoms with van der Waals surface area (Å²) in [5.74, 6) is 0.854. The van der Waals surface area contributed by atoms with Crippen LogP contribution in [0.25, 0.3) is 11.3 Å². The van der Waals surface area contributed by atoms with Gasteiger partial charge in [-0.1, -0.05) is 0 Å². The van der Waals surface area contributed by atoms with Crippen molar-refractivity contribution in [2.75, 3.05) is 18.5 Å². The molecule has 1 unspecified atom stereocenters. The van der Waals surface area contributed by atoms with Crippen molar-refractivity contribution in [3.63, 3.8) is 0 Å². The van der Waals surface area contributed by atoms with Crippen molar-refractivity contribution < 1.29 is 9.53 Å². The number of carbonyl (C=O) groups is 1. The molecule has 1 aliphatic rings. The molecule has 0 bridgehead atoms. The predicted octanol–water partition coefficient (Wildman–Crippen LogP) is 3.32. The Kier molecular flexibility index (Phi) is 6.38. The Labute approximate surface area is 145 Å². The second-order valence-corrected chi connectivity index (χ2v) is 5.99. The van der Waals surface area contributed by atoms with Crippen LogP contribution in [-0.4, -0.2) is 30.1 Å². The third kappa shape index (κ3) is 4.43. The zero-order chi connectivity index (χ0) is 15.4. The summed E-state index contributed by atoms with van der Waals surface area (Å²) in [5.41, 5.74) is 1.88. The molecule has 1 aromatic carbocycles. The van der Waals surface area contributed by atoms with E-state index < -0.39 is 0 Å². The number of ether oxygens (including phenoxy) is 1. The lowest BCUT2D eigenvalue weighted by atomic mass is 10.2. The van der Waals surface area contributed by atoms with Crippen LogP contribution in [0.3, 0.4) is 0 Å². The molecule has 2 heterocycles. The minimum absolute atomic E-state index is 0. The molecule has 2 N–H and O–H groups in total. The molecule has 1 saturated heterocycles. The Morgan fingerprint density at radius 3 is 2.87 bits per heavy atom. The molecule has 7 heteroatoms. The average molecular weight is 354 g/mol. The maximum absolute atomic E-state index is 12.1. The van der Waals surface area contributed by atoms with E-state index in [2.05, 4.69) is 15.6 Å². The number of hydrogen-bond acceptors (Lipinski definition) is 5. The molecule has 1 atom stereocenters. The van der Waals surface area contributed by atoms with Gasteiger partial charge in [-0.3, -0.25) is 4.79 Å². The Balaban J connectivity index is 0.00000192. The first kappa shape index (κ1) is 17.7. The maximum Gasteiger partial charge on any atom is 0.243 e. The molecule has 0 spiro atoms. The van der Waals surface area contributed by atoms with Gasteiger partial charge in [0.2, 0.25) is 5.91 Å². The molecule has 1 aromatic heterocycles. The van der Waals surface area contributed by atoms with E-state index in [9.17, 15) is 4.79 Å². The first-order valence-electron chi connectivity index (χ1n) is 7.49. The molecule has 0 aliphatic carbocycles. The maximum atomic E-state index is 12.1. The minimum atomic E-state index is -0.0853. The third-order valence-electron chi connectivity index (χ3n) is 3.57. The molecular formula is C16H20ClN3O2S. The van der Waals surface area contributed by atoms with E-state index in [0.717, 1.165) is 36.4 Å². The molecule has 1 aliphatic heterocycles. The van der Waals surface area contributed by atoms with Crippen LogP contribution >= 0.6 is 23.7 Å². The summed E-state index contributed by atoms with van der Waals surface area (Å²) in [6, 6.07) is 7.73. The number of nitrogens with one attached hydrogen (secondary N) is 2. The van der Waals surface area contributed by atoms with Crippen molar-refractivity contribution in [2.45, 2.75) is 25.8 Å². The number of benzene rings is 1. The molecule has 1 fully saturated rings. The lowest BCUT2D eigenvalue weighted by Crippen LogP contribution is -2.35. The molecule has 23 heavy (non-hydrogen) atoms. The van der Waals surface area contributed by atoms with Gasteiger partial charge in [0.15, 0.2) is 5.13 Å². The number of halogens is 1. The van der Waals surface area contributed by atoms with E-state index in [1.165, 1.54) is 11.3 Å². The molecule has 1 amide bonds. The summed E-state index contributed by atoms with van der Waals surface area (Å²) in [4.78, 5) is 16.5. The summed E-state index contributed by atoms with van der Waals surface area (Å²) in [6.45, 7) is 3.53. The van der Waals surface area contributed by atoms with Crippen molar-refractivity contribution in [1.82, 2.24) is 10.3 Å². The minimum Gasteiger partial charge on any atom is -0.494 e. The SMILES string of the molecule is CCOc1ccc(-c2csc(NC(=O)C3CCCN3)n2)cc1.Cl. The Hall–Kier alpha value is -1.63. The smallest absolute Gasteiger partial charge is 0.243 e.